The van der Waals surface area contributed by atoms with Gasteiger partial charge in [0.2, 0.25) is 0 Å². The van der Waals surface area contributed by atoms with Crippen molar-refractivity contribution < 1.29 is 19.0 Å². The number of likely N-dealkylation sites (tertiary alicyclic amines) is 2. The fourth-order valence-corrected chi connectivity index (χ4v) is 6.46. The molecule has 1 aromatic carbocycles. The van der Waals surface area contributed by atoms with Gasteiger partial charge in [0, 0.05) is 45.0 Å². The van der Waals surface area contributed by atoms with Crippen molar-refractivity contribution in [3.05, 3.63) is 59.7 Å². The van der Waals surface area contributed by atoms with Crippen molar-refractivity contribution >= 4 is 19.8 Å². The van der Waals surface area contributed by atoms with Crippen LogP contribution in [0, 0.1) is 17.7 Å². The molecule has 4 aliphatic rings. The van der Waals surface area contributed by atoms with Gasteiger partial charge in [0.1, 0.15) is 0 Å². The molecule has 0 aromatic heterocycles. The second-order valence-electron chi connectivity index (χ2n) is 8.56. The van der Waals surface area contributed by atoms with Crippen molar-refractivity contribution in [2.75, 3.05) is 46.4 Å². The number of hydrogen-bond acceptors (Lipinski definition) is 5. The molecule has 0 spiro atoms. The molecule has 164 valence electrons. The summed E-state index contributed by atoms with van der Waals surface area (Å²) in [5.74, 6) is 0.937. The number of nitrogens with zero attached hydrogens (tertiary/aromatic N) is 3. The summed E-state index contributed by atoms with van der Waals surface area (Å²) in [5.41, 5.74) is 1.82. The van der Waals surface area contributed by atoms with E-state index in [1.54, 1.807) is 18.2 Å². The van der Waals surface area contributed by atoms with Crippen LogP contribution in [0.5, 0.6) is 5.75 Å². The van der Waals surface area contributed by atoms with Gasteiger partial charge in [0.15, 0.2) is 11.6 Å². The van der Waals surface area contributed by atoms with Gasteiger partial charge in [-0.05, 0) is 40.9 Å². The van der Waals surface area contributed by atoms with Crippen LogP contribution in [0.3, 0.4) is 0 Å². The van der Waals surface area contributed by atoms with E-state index >= 15 is 0 Å². The smallest absolute Gasteiger partial charge is 0.252 e. The molecule has 1 aromatic rings. The quantitative estimate of drug-likeness (QED) is 0.708. The van der Waals surface area contributed by atoms with Crippen LogP contribution in [0.15, 0.2) is 48.3 Å². The predicted molar refractivity (Wildman–Crippen MR) is 119 cm³/mol. The third kappa shape index (κ3) is 3.91. The number of benzene rings is 1. The van der Waals surface area contributed by atoms with Gasteiger partial charge in [-0.25, -0.2) is 4.39 Å². The molecule has 2 saturated heterocycles. The third-order valence-corrected chi connectivity index (χ3v) is 8.16. The first-order valence-corrected chi connectivity index (χ1v) is 11.8. The number of aliphatic hydroxyl groups excluding tert-OH is 1. The molecule has 4 atom stereocenters. The number of methoxy groups -OCH3 is 1. The molecule has 4 heterocycles. The lowest BCUT2D eigenvalue weighted by Crippen LogP contribution is -2.38. The van der Waals surface area contributed by atoms with E-state index in [1.807, 2.05) is 11.1 Å². The van der Waals surface area contributed by atoms with Crippen molar-refractivity contribution in [3.63, 3.8) is 0 Å². The first-order chi connectivity index (χ1) is 15.1. The Hall–Kier alpha value is -2.21. The molecule has 1 amide bonds. The molecule has 5 rings (SSSR count). The van der Waals surface area contributed by atoms with E-state index in [1.165, 1.54) is 13.2 Å². The van der Waals surface area contributed by atoms with Gasteiger partial charge in [-0.2, -0.15) is 0 Å². The average molecular weight is 443 g/mol. The van der Waals surface area contributed by atoms with E-state index in [2.05, 4.69) is 22.0 Å². The number of carbonyl (C=O) groups excluding carboxylic acids is 1. The fraction of sp³-hybridized carbons (Fsp3) is 0.435. The zero-order valence-electron chi connectivity index (χ0n) is 17.5. The Balaban J connectivity index is 1.29. The van der Waals surface area contributed by atoms with Gasteiger partial charge < -0.3 is 24.5 Å². The Morgan fingerprint density at radius 3 is 2.68 bits per heavy atom. The highest BCUT2D eigenvalue weighted by Gasteiger charge is 2.41. The summed E-state index contributed by atoms with van der Waals surface area (Å²) in [6.07, 6.45) is 7.85. The summed E-state index contributed by atoms with van der Waals surface area (Å²) in [4.78, 5) is 19.4. The molecular formula is C23H27FN3O3P. The van der Waals surface area contributed by atoms with E-state index in [9.17, 15) is 14.3 Å². The lowest BCUT2D eigenvalue weighted by Gasteiger charge is -2.36. The van der Waals surface area contributed by atoms with Crippen molar-refractivity contribution in [2.45, 2.75) is 5.78 Å². The molecule has 0 bridgehead atoms. The number of fused-ring (bicyclic) bond motifs is 2. The van der Waals surface area contributed by atoms with Crippen LogP contribution in [0.1, 0.15) is 5.56 Å². The largest absolute Gasteiger partial charge is 0.494 e. The number of hydrogen-bond donors (Lipinski definition) is 1. The minimum Gasteiger partial charge on any atom is -0.494 e. The standard InChI is InChI=1S/C23H27FN3O3P/c1-30-20-4-2-15(8-19(20)24)21-9-22(29)27-14-18(3-5-23(27)31-21)26-12-16-10-25(6-7-28)11-17(16)13-26/h2-5,8-9,14,16-17,23,28,31H,6-7,10-13H2,1H3/t16-,17?,23?/m1/s1. The van der Waals surface area contributed by atoms with Crippen LogP contribution in [0.25, 0.3) is 5.31 Å². The Kier molecular flexibility index (Phi) is 5.59. The number of β-amino-alcohol motifs (C(OH)–C–C–N with tert-alkyl or cyclic N) is 1. The van der Waals surface area contributed by atoms with Crippen LogP contribution < -0.4 is 4.74 Å². The predicted octanol–water partition coefficient (Wildman–Crippen LogP) is 2.29. The van der Waals surface area contributed by atoms with Crippen molar-refractivity contribution in [1.29, 1.82) is 0 Å². The molecular weight excluding hydrogens is 416 g/mol. The number of carbonyl (C=O) groups is 1. The highest BCUT2D eigenvalue weighted by molar-refractivity contribution is 7.51. The Bertz CT molecular complexity index is 965. The van der Waals surface area contributed by atoms with E-state index in [0.29, 0.717) is 20.4 Å². The zero-order chi connectivity index (χ0) is 21.5. The van der Waals surface area contributed by atoms with E-state index in [-0.39, 0.29) is 24.0 Å². The summed E-state index contributed by atoms with van der Waals surface area (Å²) in [5, 5.41) is 10.0. The molecule has 0 radical (unpaired) electrons. The minimum absolute atomic E-state index is 0.0245. The van der Waals surface area contributed by atoms with Gasteiger partial charge in [0.25, 0.3) is 5.91 Å². The Morgan fingerprint density at radius 2 is 2.00 bits per heavy atom. The summed E-state index contributed by atoms with van der Waals surface area (Å²) in [7, 11) is 1.80. The second-order valence-corrected chi connectivity index (χ2v) is 9.98. The van der Waals surface area contributed by atoms with Gasteiger partial charge in [0.05, 0.1) is 25.2 Å². The fourth-order valence-electron chi connectivity index (χ4n) is 5.08. The Morgan fingerprint density at radius 1 is 1.23 bits per heavy atom. The topological polar surface area (TPSA) is 56.2 Å². The average Bonchev–Trinajstić information content (AvgIpc) is 3.32. The molecule has 0 aliphatic carbocycles. The highest BCUT2D eigenvalue weighted by Crippen LogP contribution is 2.45. The third-order valence-electron chi connectivity index (χ3n) is 6.65. The van der Waals surface area contributed by atoms with Gasteiger partial charge in [-0.1, -0.05) is 20.7 Å². The van der Waals surface area contributed by atoms with Gasteiger partial charge in [-0.3, -0.25) is 4.79 Å². The van der Waals surface area contributed by atoms with E-state index in [0.717, 1.165) is 49.3 Å². The van der Waals surface area contributed by atoms with Crippen molar-refractivity contribution in [3.8, 4) is 5.75 Å². The van der Waals surface area contributed by atoms with Gasteiger partial charge in [-0.15, -0.1) is 0 Å². The molecule has 6 nitrogen and oxygen atoms in total. The van der Waals surface area contributed by atoms with Crippen molar-refractivity contribution in [2.24, 2.45) is 11.8 Å². The van der Waals surface area contributed by atoms with Crippen molar-refractivity contribution in [1.82, 2.24) is 14.7 Å². The number of amides is 1. The molecule has 1 N–H and O–H groups in total. The molecule has 31 heavy (non-hydrogen) atoms. The normalized spacial score (nSPS) is 28.6. The lowest BCUT2D eigenvalue weighted by molar-refractivity contribution is -0.123. The first kappa shape index (κ1) is 20.7. The lowest BCUT2D eigenvalue weighted by atomic mass is 10.0. The SMILES string of the molecule is COc1ccc(C2=CC(=O)N3C=C(N4CC5CN(CCO)C[C@@H]5C4)C=CC3P2)cc1F. The number of aliphatic hydroxyl groups is 1. The summed E-state index contributed by atoms with van der Waals surface area (Å²) < 4.78 is 19.1. The summed E-state index contributed by atoms with van der Waals surface area (Å²) >= 11 is 0. The molecule has 4 aliphatic heterocycles. The number of rotatable bonds is 5. The molecule has 2 fully saturated rings. The number of halogens is 1. The highest BCUT2D eigenvalue weighted by atomic mass is 31.1. The van der Waals surface area contributed by atoms with E-state index in [4.69, 9.17) is 4.74 Å². The van der Waals surface area contributed by atoms with Crippen LogP contribution in [0.4, 0.5) is 4.39 Å². The summed E-state index contributed by atoms with van der Waals surface area (Å²) in [6.45, 7) is 5.03. The second kappa shape index (κ2) is 8.38. The maximum atomic E-state index is 14.1. The first-order valence-electron chi connectivity index (χ1n) is 10.7. The maximum absolute atomic E-state index is 14.1. The molecule has 3 unspecified atom stereocenters. The van der Waals surface area contributed by atoms with Crippen LogP contribution in [0.2, 0.25) is 0 Å². The molecule has 8 heteroatoms. The van der Waals surface area contributed by atoms with Crippen LogP contribution in [-0.2, 0) is 4.79 Å². The van der Waals surface area contributed by atoms with Gasteiger partial charge >= 0.3 is 0 Å². The monoisotopic (exact) mass is 443 g/mol. The maximum Gasteiger partial charge on any atom is 0.252 e. The molecule has 0 saturated carbocycles. The zero-order valence-corrected chi connectivity index (χ0v) is 18.5. The van der Waals surface area contributed by atoms with E-state index < -0.39 is 5.82 Å². The van der Waals surface area contributed by atoms with Crippen LogP contribution >= 0.6 is 8.58 Å². The number of ether oxygens (including phenoxy) is 1. The van der Waals surface area contributed by atoms with Crippen LogP contribution in [-0.4, -0.2) is 77.9 Å². The minimum atomic E-state index is -0.418. The summed E-state index contributed by atoms with van der Waals surface area (Å²) in [6, 6.07) is 4.85. The number of allylic oxidation sites excluding steroid dienone is 1. The Labute approximate surface area is 183 Å².